The van der Waals surface area contributed by atoms with Gasteiger partial charge in [0.25, 0.3) is 0 Å². The Morgan fingerprint density at radius 2 is 1.94 bits per heavy atom. The quantitative estimate of drug-likeness (QED) is 0.702. The molecule has 0 aliphatic heterocycles. The van der Waals surface area contributed by atoms with Gasteiger partial charge in [-0.1, -0.05) is 18.5 Å². The van der Waals surface area contributed by atoms with Crippen LogP contribution in [0.2, 0.25) is 5.02 Å². The number of nitrogens with zero attached hydrogens (tertiary/aromatic N) is 1. The molecule has 0 saturated heterocycles. The molecule has 1 nitrogen and oxygen atoms in total. The molecule has 0 aromatic heterocycles. The average molecular weight is 300 g/mol. The number of alkyl halides is 4. The van der Waals surface area contributed by atoms with Gasteiger partial charge in [0.2, 0.25) is 0 Å². The highest BCUT2D eigenvalue weighted by atomic mass is 35.5. The van der Waals surface area contributed by atoms with E-state index in [2.05, 4.69) is 0 Å². The molecule has 0 aliphatic rings. The summed E-state index contributed by atoms with van der Waals surface area (Å²) in [6.07, 6.45) is -3.61. The fourth-order valence-corrected chi connectivity index (χ4v) is 2.15. The maximum absolute atomic E-state index is 12.5. The zero-order valence-corrected chi connectivity index (χ0v) is 11.4. The Morgan fingerprint density at radius 1 is 1.28 bits per heavy atom. The predicted molar refractivity (Wildman–Crippen MR) is 69.6 cm³/mol. The van der Waals surface area contributed by atoms with Crippen molar-refractivity contribution in [1.29, 1.82) is 0 Å². The van der Waals surface area contributed by atoms with Crippen LogP contribution in [0, 0.1) is 0 Å². The van der Waals surface area contributed by atoms with Crippen molar-refractivity contribution in [3.8, 4) is 0 Å². The van der Waals surface area contributed by atoms with E-state index < -0.39 is 12.7 Å². The summed E-state index contributed by atoms with van der Waals surface area (Å²) in [6.45, 7) is 1.18. The monoisotopic (exact) mass is 299 g/mol. The van der Waals surface area contributed by atoms with Crippen LogP contribution in [0.4, 0.5) is 18.9 Å². The first-order valence-corrected chi connectivity index (χ1v) is 6.44. The third-order valence-electron chi connectivity index (χ3n) is 2.39. The smallest absolute Gasteiger partial charge is 0.362 e. The van der Waals surface area contributed by atoms with Gasteiger partial charge in [0.15, 0.2) is 0 Å². The van der Waals surface area contributed by atoms with Crippen LogP contribution in [0.1, 0.15) is 18.9 Å². The van der Waals surface area contributed by atoms with Crippen LogP contribution in [0.5, 0.6) is 0 Å². The number of hydrogen-bond acceptors (Lipinski definition) is 1. The molecular weight excluding hydrogens is 286 g/mol. The molecule has 0 saturated carbocycles. The van der Waals surface area contributed by atoms with Crippen LogP contribution in [0.25, 0.3) is 0 Å². The molecule has 0 bridgehead atoms. The van der Waals surface area contributed by atoms with E-state index in [1.807, 2.05) is 6.92 Å². The molecule has 0 N–H and O–H groups in total. The normalized spacial score (nSPS) is 11.7. The Bertz CT molecular complexity index is 393. The van der Waals surface area contributed by atoms with Gasteiger partial charge in [-0.05, 0) is 30.2 Å². The highest BCUT2D eigenvalue weighted by molar-refractivity contribution is 6.30. The Labute approximate surface area is 114 Å². The van der Waals surface area contributed by atoms with E-state index in [1.165, 1.54) is 4.90 Å². The Hall–Kier alpha value is -0.610. The summed E-state index contributed by atoms with van der Waals surface area (Å²) in [4.78, 5) is 1.29. The summed E-state index contributed by atoms with van der Waals surface area (Å²) in [5, 5.41) is 0.470. The molecular formula is C12H14Cl2F3N. The first-order chi connectivity index (χ1) is 8.37. The first-order valence-electron chi connectivity index (χ1n) is 5.53. The summed E-state index contributed by atoms with van der Waals surface area (Å²) in [7, 11) is 0. The summed E-state index contributed by atoms with van der Waals surface area (Å²) in [5.74, 6) is 0.133. The number of rotatable bonds is 5. The summed E-state index contributed by atoms with van der Waals surface area (Å²) in [6, 6.07) is 4.76. The van der Waals surface area contributed by atoms with E-state index in [4.69, 9.17) is 23.2 Å². The SMILES string of the molecule is CCCN(CC(F)(F)F)c1ccc(Cl)cc1CCl. The maximum Gasteiger partial charge on any atom is 0.405 e. The fourth-order valence-electron chi connectivity index (χ4n) is 1.74. The third kappa shape index (κ3) is 4.58. The molecule has 0 atom stereocenters. The Morgan fingerprint density at radius 3 is 2.44 bits per heavy atom. The first kappa shape index (κ1) is 15.4. The lowest BCUT2D eigenvalue weighted by Crippen LogP contribution is -2.35. The largest absolute Gasteiger partial charge is 0.405 e. The van der Waals surface area contributed by atoms with Gasteiger partial charge in [-0.2, -0.15) is 13.2 Å². The molecule has 0 spiro atoms. The number of hydrogen-bond donors (Lipinski definition) is 0. The number of anilines is 1. The predicted octanol–water partition coefficient (Wildman–Crippen LogP) is 4.86. The van der Waals surface area contributed by atoms with E-state index >= 15 is 0 Å². The van der Waals surface area contributed by atoms with Crippen molar-refractivity contribution in [3.63, 3.8) is 0 Å². The van der Waals surface area contributed by atoms with Gasteiger partial charge in [-0.25, -0.2) is 0 Å². The van der Waals surface area contributed by atoms with E-state index in [1.54, 1.807) is 18.2 Å². The highest BCUT2D eigenvalue weighted by Crippen LogP contribution is 2.28. The van der Waals surface area contributed by atoms with Gasteiger partial charge in [-0.15, -0.1) is 11.6 Å². The summed E-state index contributed by atoms with van der Waals surface area (Å²) in [5.41, 5.74) is 1.11. The van der Waals surface area contributed by atoms with E-state index in [-0.39, 0.29) is 5.88 Å². The van der Waals surface area contributed by atoms with Gasteiger partial charge >= 0.3 is 6.18 Å². The molecule has 0 aliphatic carbocycles. The lowest BCUT2D eigenvalue weighted by Gasteiger charge is -2.27. The minimum Gasteiger partial charge on any atom is -0.362 e. The zero-order valence-electron chi connectivity index (χ0n) is 9.90. The standard InChI is InChI=1S/C12H14Cl2F3N/c1-2-5-18(8-12(15,16)17)11-4-3-10(14)6-9(11)7-13/h3-4,6H,2,5,7-8H2,1H3. The topological polar surface area (TPSA) is 3.24 Å². The van der Waals surface area contributed by atoms with Gasteiger partial charge in [0, 0.05) is 23.1 Å². The molecule has 1 aromatic carbocycles. The summed E-state index contributed by atoms with van der Waals surface area (Å²) < 4.78 is 37.6. The molecule has 18 heavy (non-hydrogen) atoms. The third-order valence-corrected chi connectivity index (χ3v) is 2.91. The van der Waals surface area contributed by atoms with Crippen LogP contribution >= 0.6 is 23.2 Å². The molecule has 1 aromatic rings. The van der Waals surface area contributed by atoms with Gasteiger partial charge in [0.1, 0.15) is 6.54 Å². The van der Waals surface area contributed by atoms with Crippen molar-refractivity contribution in [3.05, 3.63) is 28.8 Å². The van der Waals surface area contributed by atoms with Crippen molar-refractivity contribution in [2.75, 3.05) is 18.0 Å². The maximum atomic E-state index is 12.5. The van der Waals surface area contributed by atoms with E-state index in [0.717, 1.165) is 0 Å². The molecule has 6 heteroatoms. The molecule has 1 rings (SSSR count). The second kappa shape index (κ2) is 6.53. The van der Waals surface area contributed by atoms with Gasteiger partial charge < -0.3 is 4.90 Å². The van der Waals surface area contributed by atoms with Crippen LogP contribution < -0.4 is 4.90 Å². The van der Waals surface area contributed by atoms with Crippen LogP contribution in [0.15, 0.2) is 18.2 Å². The molecule has 0 unspecified atom stereocenters. The lowest BCUT2D eigenvalue weighted by molar-refractivity contribution is -0.119. The highest BCUT2D eigenvalue weighted by Gasteiger charge is 2.31. The number of halogens is 5. The van der Waals surface area contributed by atoms with Crippen LogP contribution in [-0.4, -0.2) is 19.3 Å². The lowest BCUT2D eigenvalue weighted by atomic mass is 10.1. The van der Waals surface area contributed by atoms with Crippen molar-refractivity contribution < 1.29 is 13.2 Å². The van der Waals surface area contributed by atoms with Gasteiger partial charge in [-0.3, -0.25) is 0 Å². The molecule has 0 fully saturated rings. The second-order valence-electron chi connectivity index (χ2n) is 3.94. The van der Waals surface area contributed by atoms with E-state index in [0.29, 0.717) is 29.2 Å². The van der Waals surface area contributed by atoms with Crippen LogP contribution in [0.3, 0.4) is 0 Å². The molecule has 0 heterocycles. The average Bonchev–Trinajstić information content (AvgIpc) is 2.26. The molecule has 0 radical (unpaired) electrons. The van der Waals surface area contributed by atoms with Crippen LogP contribution in [-0.2, 0) is 5.88 Å². The molecule has 0 amide bonds. The van der Waals surface area contributed by atoms with E-state index in [9.17, 15) is 13.2 Å². The zero-order chi connectivity index (χ0) is 13.8. The number of benzene rings is 1. The van der Waals surface area contributed by atoms with Gasteiger partial charge in [0.05, 0.1) is 0 Å². The summed E-state index contributed by atoms with van der Waals surface area (Å²) >= 11 is 11.6. The molecule has 102 valence electrons. The Kier molecular flexibility index (Phi) is 5.60. The minimum atomic E-state index is -4.24. The second-order valence-corrected chi connectivity index (χ2v) is 4.65. The fraction of sp³-hybridized carbons (Fsp3) is 0.500. The van der Waals surface area contributed by atoms with Crippen molar-refractivity contribution >= 4 is 28.9 Å². The van der Waals surface area contributed by atoms with Crippen molar-refractivity contribution in [2.45, 2.75) is 25.4 Å². The Balaban J connectivity index is 3.04. The van der Waals surface area contributed by atoms with Crippen molar-refractivity contribution in [1.82, 2.24) is 0 Å². The van der Waals surface area contributed by atoms with Crippen molar-refractivity contribution in [2.24, 2.45) is 0 Å². The minimum absolute atomic E-state index is 0.133.